The number of nitrogens with one attached hydrogen (secondary N) is 1. The molecule has 4 fully saturated rings. The van der Waals surface area contributed by atoms with Crippen LogP contribution < -0.4 is 5.32 Å². The van der Waals surface area contributed by atoms with E-state index in [1.165, 1.54) is 51.4 Å². The van der Waals surface area contributed by atoms with E-state index in [0.29, 0.717) is 36.3 Å². The van der Waals surface area contributed by atoms with Crippen LogP contribution in [0.4, 0.5) is 0 Å². The zero-order chi connectivity index (χ0) is 45.1. The molecule has 1 saturated heterocycles. The lowest BCUT2D eigenvalue weighted by molar-refractivity contribution is -0.209. The number of amides is 2. The van der Waals surface area contributed by atoms with Crippen molar-refractivity contribution in [3.8, 4) is 0 Å². The predicted octanol–water partition coefficient (Wildman–Crippen LogP) is 6.22. The highest BCUT2D eigenvalue weighted by Gasteiger charge is 2.84. The number of aliphatic hydroxyl groups is 5. The zero-order valence-corrected chi connectivity index (χ0v) is 38.0. The summed E-state index contributed by atoms with van der Waals surface area (Å²) in [6.07, 6.45) is 17.8. The quantitative estimate of drug-likeness (QED) is 0.0419. The molecule has 61 heavy (non-hydrogen) atoms. The molecule has 0 spiro atoms. The fourth-order valence-corrected chi connectivity index (χ4v) is 12.3. The average molecular weight is 856 g/mol. The molecule has 12 atom stereocenters. The molecule has 344 valence electrons. The third kappa shape index (κ3) is 9.98. The van der Waals surface area contributed by atoms with Crippen LogP contribution in [0.3, 0.4) is 0 Å². The Hall–Kier alpha value is -2.77. The summed E-state index contributed by atoms with van der Waals surface area (Å²) in [6, 6.07) is 0. The number of fused-ring (bicyclic) bond motifs is 5. The van der Waals surface area contributed by atoms with Crippen LogP contribution in [-0.2, 0) is 28.7 Å². The van der Waals surface area contributed by atoms with Crippen LogP contribution in [0.25, 0.3) is 0 Å². The maximum absolute atomic E-state index is 13.0. The zero-order valence-electron chi connectivity index (χ0n) is 38.0. The first kappa shape index (κ1) is 49.2. The Morgan fingerprint density at radius 1 is 0.869 bits per heavy atom. The van der Waals surface area contributed by atoms with Crippen molar-refractivity contribution < 1.29 is 54.2 Å². The van der Waals surface area contributed by atoms with Crippen molar-refractivity contribution in [3.05, 3.63) is 23.3 Å². The van der Waals surface area contributed by atoms with Gasteiger partial charge in [-0.05, 0) is 55.6 Å². The number of piperidine rings is 1. The minimum Gasteiger partial charge on any atom is -0.462 e. The second-order valence-electron chi connectivity index (χ2n) is 20.7. The third-order valence-corrected chi connectivity index (χ3v) is 15.8. The van der Waals surface area contributed by atoms with Crippen LogP contribution in [-0.4, -0.2) is 90.5 Å². The molecule has 6 aliphatic rings. The van der Waals surface area contributed by atoms with Gasteiger partial charge >= 0.3 is 5.97 Å². The second kappa shape index (κ2) is 20.0. The third-order valence-electron chi connectivity index (χ3n) is 15.8. The Balaban J connectivity index is 0.000000240. The normalized spacial score (nSPS) is 37.2. The van der Waals surface area contributed by atoms with Gasteiger partial charge in [-0.15, -0.1) is 0 Å². The lowest BCUT2D eigenvalue weighted by Gasteiger charge is -2.51. The Morgan fingerprint density at radius 3 is 2.02 bits per heavy atom. The number of ketones is 2. The van der Waals surface area contributed by atoms with Crippen LogP contribution in [0.1, 0.15) is 164 Å². The van der Waals surface area contributed by atoms with Crippen LogP contribution >= 0.6 is 0 Å². The van der Waals surface area contributed by atoms with Crippen molar-refractivity contribution in [3.63, 3.8) is 0 Å². The summed E-state index contributed by atoms with van der Waals surface area (Å²) in [5.74, 6) is -3.99. The highest BCUT2D eigenvalue weighted by atomic mass is 16.5. The van der Waals surface area contributed by atoms with Gasteiger partial charge in [0.1, 0.15) is 23.1 Å². The number of Topliss-reactive ketones (excluding diaryl/α,β-unsaturated/α-hetero) is 2. The molecule has 12 nitrogen and oxygen atoms in total. The number of ether oxygens (including phenoxy) is 1. The molecule has 0 bridgehead atoms. The van der Waals surface area contributed by atoms with E-state index in [1.807, 2.05) is 20.8 Å². The summed E-state index contributed by atoms with van der Waals surface area (Å²) in [7, 11) is 0. The summed E-state index contributed by atoms with van der Waals surface area (Å²) in [6.45, 7) is 13.0. The van der Waals surface area contributed by atoms with Gasteiger partial charge in [0, 0.05) is 60.7 Å². The average Bonchev–Trinajstić information content (AvgIpc) is 3.59. The summed E-state index contributed by atoms with van der Waals surface area (Å²) >= 11 is 0. The molecule has 0 aromatic heterocycles. The summed E-state index contributed by atoms with van der Waals surface area (Å²) in [4.78, 5) is 62.1. The molecule has 0 radical (unpaired) electrons. The fourth-order valence-electron chi connectivity index (χ4n) is 12.3. The predicted molar refractivity (Wildman–Crippen MR) is 230 cm³/mol. The van der Waals surface area contributed by atoms with Crippen molar-refractivity contribution in [2.45, 2.75) is 193 Å². The molecular weight excluding hydrogens is 779 g/mol. The van der Waals surface area contributed by atoms with Crippen LogP contribution in [0, 0.1) is 52.8 Å². The number of aliphatic hydroxyl groups excluding tert-OH is 2. The largest absolute Gasteiger partial charge is 0.462 e. The van der Waals surface area contributed by atoms with Gasteiger partial charge in [-0.2, -0.15) is 0 Å². The first-order valence-electron chi connectivity index (χ1n) is 23.6. The van der Waals surface area contributed by atoms with Gasteiger partial charge in [-0.25, -0.2) is 0 Å². The lowest BCUT2D eigenvalue weighted by Crippen LogP contribution is -2.65. The minimum absolute atomic E-state index is 0.0483. The minimum atomic E-state index is -1.84. The summed E-state index contributed by atoms with van der Waals surface area (Å²) in [5, 5.41) is 57.3. The molecule has 3 saturated carbocycles. The SMILES string of the molecule is CC1=C[C@H]2[C@@]3(O)[C@H](C)[C@@H](O)[C@]4(O)[C@H]([C@@H]3C=C(CO)C[C@]2(O)C1=O)C4(C)C.CCCCCCCCCCCCCC(=O)O[C@H](CC1CC(=O)NC(=O)C1)[C@@H]1C[C@@H](C)C[C@H](C)C1=O. The van der Waals surface area contributed by atoms with E-state index >= 15 is 0 Å². The van der Waals surface area contributed by atoms with Crippen LogP contribution in [0.5, 0.6) is 0 Å². The van der Waals surface area contributed by atoms with Crippen LogP contribution in [0.2, 0.25) is 0 Å². The molecule has 5 aliphatic carbocycles. The smallest absolute Gasteiger partial charge is 0.306 e. The Labute approximate surface area is 363 Å². The van der Waals surface area contributed by atoms with E-state index in [9.17, 15) is 49.5 Å². The first-order valence-corrected chi connectivity index (χ1v) is 23.6. The molecule has 1 aliphatic heterocycles. The number of esters is 1. The molecule has 6 N–H and O–H groups in total. The van der Waals surface area contributed by atoms with Gasteiger partial charge < -0.3 is 30.3 Å². The molecule has 0 aromatic rings. The maximum atomic E-state index is 13.0. The molecule has 1 heterocycles. The van der Waals surface area contributed by atoms with Crippen molar-refractivity contribution in [1.82, 2.24) is 5.32 Å². The van der Waals surface area contributed by atoms with Crippen molar-refractivity contribution in [1.29, 1.82) is 0 Å². The van der Waals surface area contributed by atoms with Crippen molar-refractivity contribution in [2.75, 3.05) is 6.61 Å². The topological polar surface area (TPSA) is 208 Å². The lowest BCUT2D eigenvalue weighted by atomic mass is 9.59. The van der Waals surface area contributed by atoms with Gasteiger partial charge in [0.15, 0.2) is 5.78 Å². The molecule has 0 aromatic carbocycles. The number of rotatable bonds is 17. The number of carbonyl (C=O) groups excluding carboxylic acids is 5. The fraction of sp³-hybridized carbons (Fsp3) is 0.816. The summed E-state index contributed by atoms with van der Waals surface area (Å²) in [5.41, 5.74) is -4.57. The number of imide groups is 1. The number of unbranched alkanes of at least 4 members (excludes halogenated alkanes) is 10. The van der Waals surface area contributed by atoms with Crippen molar-refractivity contribution >= 4 is 29.4 Å². The van der Waals surface area contributed by atoms with E-state index in [-0.39, 0.29) is 67.2 Å². The van der Waals surface area contributed by atoms with Crippen LogP contribution in [0.15, 0.2) is 23.3 Å². The first-order chi connectivity index (χ1) is 28.7. The molecule has 2 amide bonds. The van der Waals surface area contributed by atoms with Gasteiger partial charge in [-0.1, -0.05) is 118 Å². The highest BCUT2D eigenvalue weighted by Crippen LogP contribution is 2.74. The van der Waals surface area contributed by atoms with E-state index in [1.54, 1.807) is 26.0 Å². The van der Waals surface area contributed by atoms with Crippen molar-refractivity contribution in [2.24, 2.45) is 52.8 Å². The van der Waals surface area contributed by atoms with E-state index in [0.717, 1.165) is 25.7 Å². The Bertz CT molecular complexity index is 1670. The van der Waals surface area contributed by atoms with E-state index < -0.39 is 63.9 Å². The Morgan fingerprint density at radius 2 is 1.44 bits per heavy atom. The standard InChI is InChI=1S/C29H49NO5.C20H28O6/c1-4-5-6-7-8-9-10-11-12-13-14-15-28(33)35-25(18-23-19-26(31)30-27(32)20-23)24-17-21(2)16-22(3)29(24)34;1-9-5-13-18(24,15(9)22)7-11(8-21)6-12-14-17(3,4)20(14,26)16(23)10(2)19(12,13)25/h21-25H,4-20H2,1-3H3,(H,30,31,32);5-6,10,12-14,16,21,23-26H,7-8H2,1-4H3/t21-,22-,24-,25+;10-,12+,13-,14-,16-,18-,19-,20-/m01/s1. The van der Waals surface area contributed by atoms with E-state index in [4.69, 9.17) is 4.74 Å². The van der Waals surface area contributed by atoms with Gasteiger partial charge in [0.05, 0.1) is 24.2 Å². The van der Waals surface area contributed by atoms with Gasteiger partial charge in [0.2, 0.25) is 11.8 Å². The second-order valence-corrected chi connectivity index (χ2v) is 20.7. The van der Waals surface area contributed by atoms with Gasteiger partial charge in [0.25, 0.3) is 0 Å². The maximum Gasteiger partial charge on any atom is 0.306 e. The number of carbonyl (C=O) groups is 5. The summed E-state index contributed by atoms with van der Waals surface area (Å²) < 4.78 is 5.92. The Kier molecular flexibility index (Phi) is 16.1. The van der Waals surface area contributed by atoms with Gasteiger partial charge in [-0.3, -0.25) is 29.3 Å². The molecular formula is C49H77NO11. The monoisotopic (exact) mass is 856 g/mol. The number of hydrogen-bond acceptors (Lipinski definition) is 11. The van der Waals surface area contributed by atoms with E-state index in [2.05, 4.69) is 19.2 Å². The molecule has 0 unspecified atom stereocenters. The molecule has 6 rings (SSSR count). The number of hydrogen-bond donors (Lipinski definition) is 6. The molecule has 12 heteroatoms. The highest BCUT2D eigenvalue weighted by molar-refractivity contribution is 6.05.